The molecular weight excluding hydrogens is 488 g/mol. The number of rotatable bonds is 5. The van der Waals surface area contributed by atoms with E-state index in [0.717, 1.165) is 6.42 Å². The van der Waals surface area contributed by atoms with Gasteiger partial charge in [0.1, 0.15) is 0 Å². The van der Waals surface area contributed by atoms with Gasteiger partial charge >= 0.3 is 22.4 Å². The fraction of sp³-hybridized carbons (Fsp3) is 0.211. The Morgan fingerprint density at radius 1 is 0.826 bits per heavy atom. The molecule has 0 aliphatic heterocycles. The Hall–Kier alpha value is -1.18. The maximum Gasteiger partial charge on any atom is 1.00 e. The summed E-state index contributed by atoms with van der Waals surface area (Å²) in [7, 11) is -0.149. The van der Waals surface area contributed by atoms with Crippen molar-refractivity contribution in [2.45, 2.75) is 20.8 Å². The fourth-order valence-electron chi connectivity index (χ4n) is 2.02. The fourth-order valence-corrected chi connectivity index (χ4v) is 4.11. The molecule has 0 fully saturated rings. The van der Waals surface area contributed by atoms with Crippen LogP contribution in [0.1, 0.15) is 20.8 Å². The van der Waals surface area contributed by atoms with Crippen LogP contribution in [0, 0.1) is 6.42 Å². The van der Waals surface area contributed by atoms with Crippen LogP contribution in [0.2, 0.25) is 0 Å². The standard InChI is InChI=1S/C14H15P.C5H7O2.Au/c1-2-15(13-9-5-3-6-10-13)14-11-7-4-8-12-14;1-4(6)3-5(2)7;/h3-12H,2H2,1H3;3H,1-2H3;/q;-1;+1. The van der Waals surface area contributed by atoms with Gasteiger partial charge in [0.15, 0.2) is 0 Å². The second-order valence-electron chi connectivity index (χ2n) is 4.78. The van der Waals surface area contributed by atoms with Gasteiger partial charge in [0, 0.05) is 11.6 Å². The number of Topliss-reactive ketones (excluding diaryl/α,β-unsaturated/α-hetero) is 2. The third-order valence-electron chi connectivity index (χ3n) is 2.86. The summed E-state index contributed by atoms with van der Waals surface area (Å²) in [6.07, 6.45) is 2.27. The maximum absolute atomic E-state index is 9.98. The van der Waals surface area contributed by atoms with Crippen molar-refractivity contribution in [3.63, 3.8) is 0 Å². The first-order chi connectivity index (χ1) is 10.5. The average Bonchev–Trinajstić information content (AvgIpc) is 2.49. The Morgan fingerprint density at radius 3 is 1.39 bits per heavy atom. The summed E-state index contributed by atoms with van der Waals surface area (Å²) in [6, 6.07) is 21.6. The minimum Gasteiger partial charge on any atom is -0.334 e. The Kier molecular flexibility index (Phi) is 11.6. The summed E-state index contributed by atoms with van der Waals surface area (Å²) >= 11 is 0. The van der Waals surface area contributed by atoms with E-state index in [4.69, 9.17) is 0 Å². The summed E-state index contributed by atoms with van der Waals surface area (Å²) in [6.45, 7) is 4.97. The number of carbonyl (C=O) groups excluding carboxylic acids is 2. The molecule has 0 radical (unpaired) electrons. The van der Waals surface area contributed by atoms with Gasteiger partial charge in [-0.2, -0.15) is 0 Å². The molecule has 23 heavy (non-hydrogen) atoms. The van der Waals surface area contributed by atoms with Gasteiger partial charge in [0.05, 0.1) is 0 Å². The summed E-state index contributed by atoms with van der Waals surface area (Å²) in [5.41, 5.74) is 0. The van der Waals surface area contributed by atoms with E-state index in [1.807, 2.05) is 0 Å². The summed E-state index contributed by atoms with van der Waals surface area (Å²) in [4.78, 5) is 20.0. The van der Waals surface area contributed by atoms with Crippen LogP contribution in [-0.2, 0) is 32.0 Å². The molecule has 0 bridgehead atoms. The van der Waals surface area contributed by atoms with Gasteiger partial charge in [0.25, 0.3) is 0 Å². The van der Waals surface area contributed by atoms with Crippen LogP contribution in [0.25, 0.3) is 0 Å². The monoisotopic (exact) mass is 510 g/mol. The predicted molar refractivity (Wildman–Crippen MR) is 95.3 cm³/mol. The first-order valence-electron chi connectivity index (χ1n) is 7.28. The largest absolute Gasteiger partial charge is 1.00 e. The SMILES string of the molecule is CC(=O)[CH-]C(C)=O.CCP(c1ccccc1)c1ccccc1.[Au+]. The third-order valence-corrected chi connectivity index (χ3v) is 5.33. The third kappa shape index (κ3) is 8.88. The van der Waals surface area contributed by atoms with Crippen molar-refractivity contribution in [1.29, 1.82) is 0 Å². The molecule has 4 heteroatoms. The molecule has 0 N–H and O–H groups in total. The smallest absolute Gasteiger partial charge is 0.334 e. The van der Waals surface area contributed by atoms with Gasteiger partial charge < -0.3 is 9.59 Å². The van der Waals surface area contributed by atoms with E-state index in [1.165, 1.54) is 30.6 Å². The number of hydrogen-bond donors (Lipinski definition) is 0. The van der Waals surface area contributed by atoms with E-state index in [2.05, 4.69) is 67.6 Å². The van der Waals surface area contributed by atoms with Crippen LogP contribution in [0.15, 0.2) is 60.7 Å². The molecule has 0 aromatic heterocycles. The number of carbonyl (C=O) groups is 2. The number of ketones is 2. The molecule has 0 atom stereocenters. The Bertz CT molecular complexity index is 533. The number of hydrogen-bond acceptors (Lipinski definition) is 2. The first-order valence-corrected chi connectivity index (χ1v) is 8.80. The second kappa shape index (κ2) is 12.3. The van der Waals surface area contributed by atoms with Crippen LogP contribution in [0.3, 0.4) is 0 Å². The van der Waals surface area contributed by atoms with Gasteiger partial charge in [-0.1, -0.05) is 67.6 Å². The molecule has 0 aliphatic carbocycles. The zero-order valence-electron chi connectivity index (χ0n) is 13.6. The van der Waals surface area contributed by atoms with Gasteiger partial charge in [-0.15, -0.1) is 0 Å². The van der Waals surface area contributed by atoms with E-state index < -0.39 is 0 Å². The van der Waals surface area contributed by atoms with E-state index in [-0.39, 0.29) is 41.9 Å². The normalized spacial score (nSPS) is 9.22. The van der Waals surface area contributed by atoms with Gasteiger partial charge in [0.2, 0.25) is 0 Å². The van der Waals surface area contributed by atoms with Crippen molar-refractivity contribution in [1.82, 2.24) is 0 Å². The van der Waals surface area contributed by atoms with Crippen molar-refractivity contribution in [3.05, 3.63) is 67.1 Å². The van der Waals surface area contributed by atoms with Crippen LogP contribution in [0.4, 0.5) is 0 Å². The van der Waals surface area contributed by atoms with Crippen LogP contribution < -0.4 is 10.6 Å². The van der Waals surface area contributed by atoms with Crippen molar-refractivity contribution in [3.8, 4) is 0 Å². The minimum atomic E-state index is -0.187. The van der Waals surface area contributed by atoms with Gasteiger partial charge in [-0.25, -0.2) is 0 Å². The predicted octanol–water partition coefficient (Wildman–Crippen LogP) is 3.51. The van der Waals surface area contributed by atoms with E-state index >= 15 is 0 Å². The zero-order chi connectivity index (χ0) is 16.4. The molecule has 0 amide bonds. The molecule has 0 unspecified atom stereocenters. The Balaban J connectivity index is 0.000000522. The molecule has 2 aromatic rings. The molecule has 0 saturated carbocycles. The zero-order valence-corrected chi connectivity index (χ0v) is 16.7. The molecular formula is C19H22AuO2P. The molecule has 2 nitrogen and oxygen atoms in total. The molecule has 0 aliphatic rings. The average molecular weight is 510 g/mol. The quantitative estimate of drug-likeness (QED) is 0.267. The number of benzene rings is 2. The molecule has 0 spiro atoms. The molecule has 0 heterocycles. The van der Waals surface area contributed by atoms with Crippen molar-refractivity contribution in [2.75, 3.05) is 6.16 Å². The molecule has 2 rings (SSSR count). The van der Waals surface area contributed by atoms with Crippen LogP contribution >= 0.6 is 7.92 Å². The van der Waals surface area contributed by atoms with E-state index in [9.17, 15) is 9.59 Å². The summed E-state index contributed by atoms with van der Waals surface area (Å²) in [5, 5.41) is 2.95. The topological polar surface area (TPSA) is 34.1 Å². The van der Waals surface area contributed by atoms with Crippen molar-refractivity contribution < 1.29 is 32.0 Å². The minimum absolute atomic E-state index is 0. The van der Waals surface area contributed by atoms with E-state index in [0.29, 0.717) is 0 Å². The first kappa shape index (κ1) is 21.8. The summed E-state index contributed by atoms with van der Waals surface area (Å²) < 4.78 is 0. The Morgan fingerprint density at radius 2 is 1.17 bits per heavy atom. The van der Waals surface area contributed by atoms with E-state index in [1.54, 1.807) is 0 Å². The van der Waals surface area contributed by atoms with Crippen molar-refractivity contribution in [2.24, 2.45) is 0 Å². The van der Waals surface area contributed by atoms with Crippen molar-refractivity contribution >= 4 is 30.1 Å². The van der Waals surface area contributed by atoms with Gasteiger partial charge in [-0.05, 0) is 38.5 Å². The van der Waals surface area contributed by atoms with Crippen LogP contribution in [-0.4, -0.2) is 17.7 Å². The molecule has 0 saturated heterocycles. The second-order valence-corrected chi connectivity index (χ2v) is 7.30. The summed E-state index contributed by atoms with van der Waals surface area (Å²) in [5.74, 6) is -0.375. The molecule has 2 aromatic carbocycles. The molecule has 126 valence electrons. The maximum atomic E-state index is 9.98. The Labute approximate surface area is 156 Å². The van der Waals surface area contributed by atoms with Gasteiger partial charge in [-0.3, -0.25) is 6.42 Å². The van der Waals surface area contributed by atoms with Crippen LogP contribution in [0.5, 0.6) is 0 Å².